The van der Waals surface area contributed by atoms with Gasteiger partial charge in [0.2, 0.25) is 5.88 Å². The molecule has 0 atom stereocenters. The molecule has 0 unspecified atom stereocenters. The van der Waals surface area contributed by atoms with Crippen LogP contribution in [0.1, 0.15) is 25.3 Å². The molecular weight excluding hydrogens is 288 g/mol. The third kappa shape index (κ3) is 3.13. The number of nitrogens with zero attached hydrogens (tertiary/aromatic N) is 4. The number of halogens is 1. The van der Waals surface area contributed by atoms with E-state index in [9.17, 15) is 0 Å². The largest absolute Gasteiger partial charge is 0.439 e. The van der Waals surface area contributed by atoms with Gasteiger partial charge in [-0.2, -0.15) is 19.6 Å². The number of aromatic nitrogens is 4. The normalized spacial score (nSPS) is 11.0. The molecular formula is C15H15ClN4O. The topological polar surface area (TPSA) is 52.3 Å². The average Bonchev–Trinajstić information content (AvgIpc) is 2.95. The summed E-state index contributed by atoms with van der Waals surface area (Å²) in [6.45, 7) is 2.19. The maximum absolute atomic E-state index is 5.96. The highest BCUT2D eigenvalue weighted by atomic mass is 35.5. The summed E-state index contributed by atoms with van der Waals surface area (Å²) < 4.78 is 7.34. The Morgan fingerprint density at radius 1 is 1.24 bits per heavy atom. The molecule has 0 saturated carbocycles. The zero-order chi connectivity index (χ0) is 14.7. The zero-order valence-electron chi connectivity index (χ0n) is 11.7. The van der Waals surface area contributed by atoms with Gasteiger partial charge >= 0.3 is 0 Å². The fourth-order valence-electron chi connectivity index (χ4n) is 2.06. The van der Waals surface area contributed by atoms with E-state index >= 15 is 0 Å². The molecule has 0 aliphatic rings. The first-order chi connectivity index (χ1) is 10.3. The second-order valence-electron chi connectivity index (χ2n) is 4.74. The standard InChI is InChI=1S/C15H15ClN4O/c1-2-3-4-11-5-7-12(8-6-11)21-14-9-13(16)19-15-17-10-18-20(14)15/h5-10H,2-4H2,1H3. The summed E-state index contributed by atoms with van der Waals surface area (Å²) in [4.78, 5) is 8.07. The first-order valence-electron chi connectivity index (χ1n) is 6.89. The summed E-state index contributed by atoms with van der Waals surface area (Å²) in [7, 11) is 0. The van der Waals surface area contributed by atoms with Crippen molar-refractivity contribution in [2.75, 3.05) is 0 Å². The molecule has 0 amide bonds. The molecule has 0 spiro atoms. The summed E-state index contributed by atoms with van der Waals surface area (Å²) >= 11 is 5.96. The van der Waals surface area contributed by atoms with Crippen LogP contribution in [-0.4, -0.2) is 19.6 Å². The van der Waals surface area contributed by atoms with Gasteiger partial charge in [0.05, 0.1) is 0 Å². The molecule has 5 nitrogen and oxygen atoms in total. The quantitative estimate of drug-likeness (QED) is 0.670. The molecule has 0 N–H and O–H groups in total. The van der Waals surface area contributed by atoms with Gasteiger partial charge in [-0.25, -0.2) is 0 Å². The number of ether oxygens (including phenoxy) is 1. The molecule has 108 valence electrons. The van der Waals surface area contributed by atoms with Gasteiger partial charge < -0.3 is 4.74 Å². The molecule has 1 aromatic carbocycles. The third-order valence-corrected chi connectivity index (χ3v) is 3.35. The van der Waals surface area contributed by atoms with Crippen molar-refractivity contribution >= 4 is 17.4 Å². The highest BCUT2D eigenvalue weighted by Gasteiger charge is 2.08. The lowest BCUT2D eigenvalue weighted by molar-refractivity contribution is 0.446. The minimum Gasteiger partial charge on any atom is -0.439 e. The lowest BCUT2D eigenvalue weighted by Crippen LogP contribution is -1.98. The van der Waals surface area contributed by atoms with E-state index in [0.29, 0.717) is 16.8 Å². The van der Waals surface area contributed by atoms with Crippen molar-refractivity contribution in [1.82, 2.24) is 19.6 Å². The molecule has 3 aromatic rings. The summed E-state index contributed by atoms with van der Waals surface area (Å²) in [6.07, 6.45) is 4.89. The second kappa shape index (κ2) is 6.10. The molecule has 3 rings (SSSR count). The van der Waals surface area contributed by atoms with Crippen molar-refractivity contribution in [2.45, 2.75) is 26.2 Å². The van der Waals surface area contributed by atoms with E-state index in [1.165, 1.54) is 29.2 Å². The Morgan fingerprint density at radius 3 is 2.81 bits per heavy atom. The molecule has 2 aromatic heterocycles. The van der Waals surface area contributed by atoms with Crippen LogP contribution in [0.25, 0.3) is 5.78 Å². The van der Waals surface area contributed by atoms with Crippen LogP contribution in [0.4, 0.5) is 0 Å². The van der Waals surface area contributed by atoms with Crippen LogP contribution < -0.4 is 4.74 Å². The molecule has 0 radical (unpaired) electrons. The Hall–Kier alpha value is -2.14. The maximum Gasteiger partial charge on any atom is 0.256 e. The summed E-state index contributed by atoms with van der Waals surface area (Å²) in [5, 5.41) is 4.40. The number of rotatable bonds is 5. The van der Waals surface area contributed by atoms with Gasteiger partial charge in [0.1, 0.15) is 17.2 Å². The smallest absolute Gasteiger partial charge is 0.256 e. The van der Waals surface area contributed by atoms with Crippen molar-refractivity contribution in [2.24, 2.45) is 0 Å². The molecule has 0 fully saturated rings. The molecule has 0 aliphatic heterocycles. The van der Waals surface area contributed by atoms with Gasteiger partial charge in [-0.15, -0.1) is 0 Å². The highest BCUT2D eigenvalue weighted by molar-refractivity contribution is 6.29. The fraction of sp³-hybridized carbons (Fsp3) is 0.267. The van der Waals surface area contributed by atoms with E-state index in [-0.39, 0.29) is 0 Å². The molecule has 6 heteroatoms. The predicted octanol–water partition coefficient (Wildman–Crippen LogP) is 3.91. The van der Waals surface area contributed by atoms with Crippen LogP contribution in [-0.2, 0) is 6.42 Å². The minimum atomic E-state index is 0.324. The first-order valence-corrected chi connectivity index (χ1v) is 7.27. The third-order valence-electron chi connectivity index (χ3n) is 3.15. The van der Waals surface area contributed by atoms with Crippen molar-refractivity contribution in [3.8, 4) is 11.6 Å². The van der Waals surface area contributed by atoms with E-state index in [1.54, 1.807) is 6.07 Å². The van der Waals surface area contributed by atoms with E-state index < -0.39 is 0 Å². The number of aryl methyl sites for hydroxylation is 1. The number of hydrogen-bond acceptors (Lipinski definition) is 4. The second-order valence-corrected chi connectivity index (χ2v) is 5.13. The van der Waals surface area contributed by atoms with Gasteiger partial charge in [-0.3, -0.25) is 0 Å². The van der Waals surface area contributed by atoms with E-state index in [2.05, 4.69) is 34.1 Å². The van der Waals surface area contributed by atoms with Crippen molar-refractivity contribution in [3.05, 3.63) is 47.4 Å². The van der Waals surface area contributed by atoms with Gasteiger partial charge in [0.25, 0.3) is 5.78 Å². The summed E-state index contributed by atoms with van der Waals surface area (Å²) in [6, 6.07) is 9.66. The summed E-state index contributed by atoms with van der Waals surface area (Å²) in [5.74, 6) is 1.63. The fourth-order valence-corrected chi connectivity index (χ4v) is 2.23. The number of fused-ring (bicyclic) bond motifs is 1. The number of benzene rings is 1. The van der Waals surface area contributed by atoms with Gasteiger partial charge in [-0.1, -0.05) is 37.1 Å². The maximum atomic E-state index is 5.96. The molecule has 21 heavy (non-hydrogen) atoms. The van der Waals surface area contributed by atoms with Crippen LogP contribution in [0.2, 0.25) is 5.15 Å². The molecule has 0 aliphatic carbocycles. The Kier molecular flexibility index (Phi) is 4.01. The Balaban J connectivity index is 1.83. The van der Waals surface area contributed by atoms with E-state index in [1.807, 2.05) is 12.1 Å². The monoisotopic (exact) mass is 302 g/mol. The highest BCUT2D eigenvalue weighted by Crippen LogP contribution is 2.24. The van der Waals surface area contributed by atoms with Crippen LogP contribution >= 0.6 is 11.6 Å². The molecule has 2 heterocycles. The van der Waals surface area contributed by atoms with Crippen molar-refractivity contribution < 1.29 is 4.74 Å². The van der Waals surface area contributed by atoms with E-state index in [4.69, 9.17) is 16.3 Å². The Bertz CT molecular complexity index is 739. The SMILES string of the molecule is CCCCc1ccc(Oc2cc(Cl)nc3ncnn23)cc1. The van der Waals surface area contributed by atoms with Crippen LogP contribution in [0.5, 0.6) is 11.6 Å². The Morgan fingerprint density at radius 2 is 2.05 bits per heavy atom. The predicted molar refractivity (Wildman–Crippen MR) is 80.9 cm³/mol. The minimum absolute atomic E-state index is 0.324. The molecule has 0 saturated heterocycles. The van der Waals surface area contributed by atoms with Crippen LogP contribution in [0.3, 0.4) is 0 Å². The van der Waals surface area contributed by atoms with Gasteiger partial charge in [0, 0.05) is 6.07 Å². The van der Waals surface area contributed by atoms with Gasteiger partial charge in [-0.05, 0) is 30.5 Å². The average molecular weight is 303 g/mol. The van der Waals surface area contributed by atoms with Crippen molar-refractivity contribution in [1.29, 1.82) is 0 Å². The Labute approximate surface area is 127 Å². The zero-order valence-corrected chi connectivity index (χ0v) is 12.4. The van der Waals surface area contributed by atoms with E-state index in [0.717, 1.165) is 12.2 Å². The van der Waals surface area contributed by atoms with Crippen LogP contribution in [0, 0.1) is 0 Å². The lowest BCUT2D eigenvalue weighted by Gasteiger charge is -2.08. The number of hydrogen-bond donors (Lipinski definition) is 0. The van der Waals surface area contributed by atoms with Gasteiger partial charge in [0.15, 0.2) is 0 Å². The molecule has 0 bridgehead atoms. The van der Waals surface area contributed by atoms with Crippen LogP contribution in [0.15, 0.2) is 36.7 Å². The number of unbranched alkanes of at least 4 members (excludes halogenated alkanes) is 1. The van der Waals surface area contributed by atoms with Crippen molar-refractivity contribution in [3.63, 3.8) is 0 Å². The first kappa shape index (κ1) is 13.8. The lowest BCUT2D eigenvalue weighted by atomic mass is 10.1. The summed E-state index contributed by atoms with van der Waals surface area (Å²) in [5.41, 5.74) is 1.31.